The summed E-state index contributed by atoms with van der Waals surface area (Å²) in [5, 5.41) is 3.26. The van der Waals surface area contributed by atoms with E-state index in [0.29, 0.717) is 19.7 Å². The lowest BCUT2D eigenvalue weighted by molar-refractivity contribution is -0.132. The van der Waals surface area contributed by atoms with Gasteiger partial charge < -0.3 is 19.9 Å². The normalized spacial score (nSPS) is 19.9. The summed E-state index contributed by atoms with van der Waals surface area (Å²) in [6, 6.07) is 0. The van der Waals surface area contributed by atoms with Crippen molar-refractivity contribution in [1.82, 2.24) is 20.0 Å². The van der Waals surface area contributed by atoms with Crippen molar-refractivity contribution in [3.05, 3.63) is 0 Å². The van der Waals surface area contributed by atoms with Gasteiger partial charge in [-0.25, -0.2) is 8.42 Å². The van der Waals surface area contributed by atoms with Crippen molar-refractivity contribution in [2.24, 2.45) is 4.99 Å². The monoisotopic (exact) mass is 431 g/mol. The number of amides is 1. The summed E-state index contributed by atoms with van der Waals surface area (Å²) in [6.07, 6.45) is 5.92. The number of carbonyl (C=O) groups is 1. The number of hydrogen-bond donors (Lipinski definition) is 1. The number of guanidine groups is 1. The van der Waals surface area contributed by atoms with Crippen LogP contribution in [-0.4, -0.2) is 120 Å². The molecule has 29 heavy (non-hydrogen) atoms. The molecule has 0 aliphatic carbocycles. The predicted molar refractivity (Wildman–Crippen MR) is 115 cm³/mol. The average molecular weight is 432 g/mol. The molecule has 2 saturated heterocycles. The summed E-state index contributed by atoms with van der Waals surface area (Å²) in [5.74, 6) is 1.11. The molecule has 0 aromatic carbocycles. The van der Waals surface area contributed by atoms with Crippen molar-refractivity contribution in [3.63, 3.8) is 0 Å². The lowest BCUT2D eigenvalue weighted by Crippen LogP contribution is -2.54. The van der Waals surface area contributed by atoms with Crippen LogP contribution in [0.25, 0.3) is 0 Å². The Kier molecular flexibility index (Phi) is 10.2. The van der Waals surface area contributed by atoms with E-state index in [-0.39, 0.29) is 18.3 Å². The third-order valence-corrected chi connectivity index (χ3v) is 6.24. The Morgan fingerprint density at radius 1 is 0.966 bits per heavy atom. The maximum Gasteiger partial charge on any atom is 0.236 e. The number of rotatable bonds is 8. The fraction of sp³-hybridized carbons (Fsp3) is 0.895. The summed E-state index contributed by atoms with van der Waals surface area (Å²) >= 11 is 0. The van der Waals surface area contributed by atoms with Gasteiger partial charge in [0.05, 0.1) is 25.5 Å². The van der Waals surface area contributed by atoms with Gasteiger partial charge in [-0.2, -0.15) is 0 Å². The minimum atomic E-state index is -2.98. The van der Waals surface area contributed by atoms with Crippen molar-refractivity contribution >= 4 is 21.7 Å². The van der Waals surface area contributed by atoms with Crippen LogP contribution in [0.5, 0.6) is 0 Å². The standard InChI is InChI=1S/C19H37N5O4S/c1-20-19(21-7-14-28-15-16-29(2,26)27)24-12-10-22(11-13-24)17-18(25)23-8-5-3-4-6-9-23/h3-17H2,1-2H3,(H,20,21). The van der Waals surface area contributed by atoms with E-state index < -0.39 is 9.84 Å². The number of carbonyl (C=O) groups excluding carboxylic acids is 1. The highest BCUT2D eigenvalue weighted by molar-refractivity contribution is 7.90. The fourth-order valence-electron chi connectivity index (χ4n) is 3.61. The van der Waals surface area contributed by atoms with E-state index >= 15 is 0 Å². The smallest absolute Gasteiger partial charge is 0.236 e. The van der Waals surface area contributed by atoms with Crippen molar-refractivity contribution in [3.8, 4) is 0 Å². The molecule has 2 heterocycles. The first kappa shape index (κ1) is 23.9. The van der Waals surface area contributed by atoms with Crippen LogP contribution in [0, 0.1) is 0 Å². The van der Waals surface area contributed by atoms with E-state index in [1.165, 1.54) is 19.1 Å². The molecule has 2 rings (SSSR count). The molecular weight excluding hydrogens is 394 g/mol. The Balaban J connectivity index is 1.64. The van der Waals surface area contributed by atoms with Crippen LogP contribution in [-0.2, 0) is 19.4 Å². The molecule has 0 atom stereocenters. The SMILES string of the molecule is CN=C(NCCOCCS(C)(=O)=O)N1CCN(CC(=O)N2CCCCCC2)CC1. The molecular formula is C19H37N5O4S. The fourth-order valence-corrected chi connectivity index (χ4v) is 4.03. The minimum absolute atomic E-state index is 0.0415. The zero-order chi connectivity index (χ0) is 21.1. The number of likely N-dealkylation sites (tertiary alicyclic amines) is 1. The van der Waals surface area contributed by atoms with E-state index in [1.807, 2.05) is 4.90 Å². The summed E-state index contributed by atoms with van der Waals surface area (Å²) in [6.45, 7) is 6.85. The predicted octanol–water partition coefficient (Wildman–Crippen LogP) is -0.357. The zero-order valence-corrected chi connectivity index (χ0v) is 18.8. The lowest BCUT2D eigenvalue weighted by Gasteiger charge is -2.37. The average Bonchev–Trinajstić information content (AvgIpc) is 2.97. The number of nitrogens with one attached hydrogen (secondary N) is 1. The molecule has 0 saturated carbocycles. The highest BCUT2D eigenvalue weighted by atomic mass is 32.2. The maximum absolute atomic E-state index is 12.6. The maximum atomic E-state index is 12.6. The molecule has 10 heteroatoms. The van der Waals surface area contributed by atoms with Crippen LogP contribution in [0.1, 0.15) is 25.7 Å². The van der Waals surface area contributed by atoms with Crippen LogP contribution in [0.15, 0.2) is 4.99 Å². The second kappa shape index (κ2) is 12.3. The van der Waals surface area contributed by atoms with Gasteiger partial charge in [0.15, 0.2) is 5.96 Å². The quantitative estimate of drug-likeness (QED) is 0.319. The van der Waals surface area contributed by atoms with Gasteiger partial charge in [-0.3, -0.25) is 14.7 Å². The van der Waals surface area contributed by atoms with E-state index in [1.54, 1.807) is 7.05 Å². The molecule has 0 aromatic rings. The van der Waals surface area contributed by atoms with Gasteiger partial charge in [0.25, 0.3) is 0 Å². The molecule has 0 radical (unpaired) electrons. The van der Waals surface area contributed by atoms with Gasteiger partial charge in [-0.05, 0) is 12.8 Å². The Bertz CT molecular complexity index is 625. The summed E-state index contributed by atoms with van der Waals surface area (Å²) in [5.41, 5.74) is 0. The largest absolute Gasteiger partial charge is 0.379 e. The Morgan fingerprint density at radius 2 is 1.62 bits per heavy atom. The van der Waals surface area contributed by atoms with E-state index in [4.69, 9.17) is 4.74 Å². The first-order valence-corrected chi connectivity index (χ1v) is 12.7. The van der Waals surface area contributed by atoms with Crippen LogP contribution in [0.2, 0.25) is 0 Å². The van der Waals surface area contributed by atoms with E-state index in [0.717, 1.165) is 58.1 Å². The molecule has 0 unspecified atom stereocenters. The van der Waals surface area contributed by atoms with Crippen molar-refractivity contribution in [2.75, 3.05) is 84.6 Å². The highest BCUT2D eigenvalue weighted by Gasteiger charge is 2.23. The van der Waals surface area contributed by atoms with Gasteiger partial charge >= 0.3 is 0 Å². The van der Waals surface area contributed by atoms with Crippen molar-refractivity contribution in [1.29, 1.82) is 0 Å². The first-order chi connectivity index (χ1) is 13.9. The molecule has 168 valence electrons. The van der Waals surface area contributed by atoms with Crippen LogP contribution in [0.4, 0.5) is 0 Å². The van der Waals surface area contributed by atoms with Crippen LogP contribution in [0.3, 0.4) is 0 Å². The molecule has 1 amide bonds. The number of piperazine rings is 1. The van der Waals surface area contributed by atoms with E-state index in [9.17, 15) is 13.2 Å². The van der Waals surface area contributed by atoms with Crippen LogP contribution < -0.4 is 5.32 Å². The van der Waals surface area contributed by atoms with Gasteiger partial charge in [-0.1, -0.05) is 12.8 Å². The molecule has 2 fully saturated rings. The van der Waals surface area contributed by atoms with E-state index in [2.05, 4.69) is 20.1 Å². The number of hydrogen-bond acceptors (Lipinski definition) is 6. The third kappa shape index (κ3) is 9.31. The third-order valence-electron chi connectivity index (χ3n) is 5.33. The molecule has 9 nitrogen and oxygen atoms in total. The van der Waals surface area contributed by atoms with Crippen molar-refractivity contribution in [2.45, 2.75) is 25.7 Å². The topological polar surface area (TPSA) is 94.5 Å². The highest BCUT2D eigenvalue weighted by Crippen LogP contribution is 2.11. The summed E-state index contributed by atoms with van der Waals surface area (Å²) in [7, 11) is -1.23. The number of aliphatic imine (C=N–C) groups is 1. The van der Waals surface area contributed by atoms with Crippen LogP contribution >= 0.6 is 0 Å². The molecule has 0 aromatic heterocycles. The Labute approximate surface area is 175 Å². The zero-order valence-electron chi connectivity index (χ0n) is 17.9. The lowest BCUT2D eigenvalue weighted by atomic mass is 10.2. The number of ether oxygens (including phenoxy) is 1. The molecule has 2 aliphatic rings. The first-order valence-electron chi connectivity index (χ1n) is 10.6. The second-order valence-corrected chi connectivity index (χ2v) is 10.0. The van der Waals surface area contributed by atoms with Crippen molar-refractivity contribution < 1.29 is 17.9 Å². The Morgan fingerprint density at radius 3 is 2.21 bits per heavy atom. The summed E-state index contributed by atoms with van der Waals surface area (Å²) < 4.78 is 27.5. The second-order valence-electron chi connectivity index (χ2n) is 7.77. The van der Waals surface area contributed by atoms with Gasteiger partial charge in [0, 0.05) is 59.1 Å². The number of sulfone groups is 1. The van der Waals surface area contributed by atoms with Gasteiger partial charge in [0.1, 0.15) is 9.84 Å². The molecule has 0 bridgehead atoms. The summed E-state index contributed by atoms with van der Waals surface area (Å²) in [4.78, 5) is 23.3. The minimum Gasteiger partial charge on any atom is -0.379 e. The number of nitrogens with zero attached hydrogens (tertiary/aromatic N) is 4. The Hall–Kier alpha value is -1.39. The van der Waals surface area contributed by atoms with Gasteiger partial charge in [0.2, 0.25) is 5.91 Å². The molecule has 2 aliphatic heterocycles. The molecule has 0 spiro atoms. The van der Waals surface area contributed by atoms with Gasteiger partial charge in [-0.15, -0.1) is 0 Å². The molecule has 1 N–H and O–H groups in total.